The molecule has 7 unspecified atom stereocenters. The Morgan fingerprint density at radius 3 is 2.29 bits per heavy atom. The molecule has 0 amide bonds. The second kappa shape index (κ2) is 9.58. The fraction of sp³-hybridized carbons (Fsp3) is 0.800. The van der Waals surface area contributed by atoms with Crippen molar-refractivity contribution in [2.24, 2.45) is 46.3 Å². The summed E-state index contributed by atoms with van der Waals surface area (Å²) in [5, 5.41) is 10.2. The standard InChI is InChI=1S/C28H44O.C2H6/c1-18(2)19(3)7-8-20(4)24-11-12-25-23-10-9-21-17-22(29)13-15-27(21,5)26(23)14-16-28(24,25)6;1-2/h7-10,18-20,22,24-26,29H,11-17H2,1-6H3;1-2H3/b8-7+;/t19?,20-,22?,24?,25?,26?,27?,28?;/m1./s1. The van der Waals surface area contributed by atoms with Gasteiger partial charge in [0.15, 0.2) is 0 Å². The third-order valence-corrected chi connectivity index (χ3v) is 10.0. The fourth-order valence-electron chi connectivity index (χ4n) is 7.59. The Kier molecular flexibility index (Phi) is 7.67. The molecule has 0 heterocycles. The lowest BCUT2D eigenvalue weighted by molar-refractivity contribution is 0.0382. The Morgan fingerprint density at radius 1 is 0.903 bits per heavy atom. The van der Waals surface area contributed by atoms with Crippen molar-refractivity contribution in [2.75, 3.05) is 0 Å². The number of allylic oxidation sites excluding steroid dienone is 5. The van der Waals surface area contributed by atoms with Crippen molar-refractivity contribution >= 4 is 0 Å². The molecule has 4 aliphatic rings. The molecule has 0 radical (unpaired) electrons. The van der Waals surface area contributed by atoms with E-state index < -0.39 is 0 Å². The summed E-state index contributed by atoms with van der Waals surface area (Å²) in [6, 6.07) is 0. The highest BCUT2D eigenvalue weighted by molar-refractivity contribution is 5.39. The van der Waals surface area contributed by atoms with Crippen LogP contribution in [0.25, 0.3) is 0 Å². The fourth-order valence-corrected chi connectivity index (χ4v) is 7.59. The van der Waals surface area contributed by atoms with Crippen LogP contribution in [0.3, 0.4) is 0 Å². The first-order chi connectivity index (χ1) is 14.7. The van der Waals surface area contributed by atoms with Gasteiger partial charge in [-0.2, -0.15) is 0 Å². The van der Waals surface area contributed by atoms with Crippen molar-refractivity contribution in [2.45, 2.75) is 106 Å². The number of aliphatic hydroxyl groups excluding tert-OH is 1. The second-order valence-corrected chi connectivity index (χ2v) is 11.9. The third kappa shape index (κ3) is 4.38. The van der Waals surface area contributed by atoms with Gasteiger partial charge in [0.1, 0.15) is 0 Å². The highest BCUT2D eigenvalue weighted by atomic mass is 16.3. The summed E-state index contributed by atoms with van der Waals surface area (Å²) in [7, 11) is 0. The average molecular weight is 427 g/mol. The van der Waals surface area contributed by atoms with Gasteiger partial charge >= 0.3 is 0 Å². The molecule has 0 spiro atoms. The molecule has 4 aliphatic carbocycles. The summed E-state index contributed by atoms with van der Waals surface area (Å²) in [5.74, 6) is 4.38. The van der Waals surface area contributed by atoms with Gasteiger partial charge in [-0.1, -0.05) is 90.8 Å². The van der Waals surface area contributed by atoms with Crippen LogP contribution < -0.4 is 0 Å². The maximum Gasteiger partial charge on any atom is 0.0578 e. The van der Waals surface area contributed by atoms with E-state index in [1.807, 2.05) is 13.8 Å². The number of hydrogen-bond acceptors (Lipinski definition) is 1. The molecule has 31 heavy (non-hydrogen) atoms. The van der Waals surface area contributed by atoms with Crippen molar-refractivity contribution in [3.63, 3.8) is 0 Å². The van der Waals surface area contributed by atoms with E-state index >= 15 is 0 Å². The zero-order valence-electron chi connectivity index (χ0n) is 21.7. The van der Waals surface area contributed by atoms with E-state index in [1.54, 1.807) is 5.57 Å². The number of rotatable bonds is 4. The van der Waals surface area contributed by atoms with Gasteiger partial charge in [-0.15, -0.1) is 0 Å². The number of hydrogen-bond donors (Lipinski definition) is 1. The first-order valence-corrected chi connectivity index (χ1v) is 13.4. The summed E-state index contributed by atoms with van der Waals surface area (Å²) in [5.41, 5.74) is 4.07. The Hall–Kier alpha value is -0.820. The molecule has 0 aliphatic heterocycles. The van der Waals surface area contributed by atoms with Gasteiger partial charge < -0.3 is 5.11 Å². The minimum Gasteiger partial charge on any atom is -0.393 e. The Labute approximate surface area is 193 Å². The van der Waals surface area contributed by atoms with Crippen LogP contribution >= 0.6 is 0 Å². The normalized spacial score (nSPS) is 41.4. The van der Waals surface area contributed by atoms with Crippen LogP contribution in [0.5, 0.6) is 0 Å². The molecule has 0 aromatic heterocycles. The van der Waals surface area contributed by atoms with Gasteiger partial charge in [0.05, 0.1) is 6.10 Å². The Balaban J connectivity index is 0.00000132. The first kappa shape index (κ1) is 24.8. The molecule has 8 atom stereocenters. The van der Waals surface area contributed by atoms with Crippen molar-refractivity contribution in [1.29, 1.82) is 0 Å². The predicted octanol–water partition coefficient (Wildman–Crippen LogP) is 8.36. The maximum atomic E-state index is 10.2. The molecule has 1 nitrogen and oxygen atoms in total. The monoisotopic (exact) mass is 426 g/mol. The number of aliphatic hydroxyl groups is 1. The largest absolute Gasteiger partial charge is 0.393 e. The van der Waals surface area contributed by atoms with Crippen LogP contribution in [0.2, 0.25) is 0 Å². The molecule has 176 valence electrons. The van der Waals surface area contributed by atoms with Gasteiger partial charge in [0.2, 0.25) is 0 Å². The molecular formula is C30H50O. The SMILES string of the molecule is CC.CC(C)C(C)/C=C/[C@@H](C)C1CCC2C3=CC=C4CC(O)CCC4(C)C3CCC21C. The average Bonchev–Trinajstić information content (AvgIpc) is 3.11. The van der Waals surface area contributed by atoms with Crippen LogP contribution in [0.4, 0.5) is 0 Å². The molecule has 1 heteroatoms. The molecule has 1 N–H and O–H groups in total. The lowest BCUT2D eigenvalue weighted by Gasteiger charge is -2.55. The molecule has 4 rings (SSSR count). The summed E-state index contributed by atoms with van der Waals surface area (Å²) >= 11 is 0. The summed E-state index contributed by atoms with van der Waals surface area (Å²) in [6.45, 7) is 18.6. The lowest BCUT2D eigenvalue weighted by Crippen LogP contribution is -2.46. The van der Waals surface area contributed by atoms with Gasteiger partial charge in [0, 0.05) is 0 Å². The Bertz CT molecular complexity index is 712. The smallest absolute Gasteiger partial charge is 0.0578 e. The van der Waals surface area contributed by atoms with Gasteiger partial charge in [-0.25, -0.2) is 0 Å². The summed E-state index contributed by atoms with van der Waals surface area (Å²) < 4.78 is 0. The molecule has 3 saturated carbocycles. The van der Waals surface area contributed by atoms with E-state index in [4.69, 9.17) is 0 Å². The van der Waals surface area contributed by atoms with Crippen LogP contribution in [0.15, 0.2) is 35.5 Å². The summed E-state index contributed by atoms with van der Waals surface area (Å²) in [6.07, 6.45) is 18.4. The van der Waals surface area contributed by atoms with Crippen LogP contribution in [-0.2, 0) is 0 Å². The van der Waals surface area contributed by atoms with E-state index in [-0.39, 0.29) is 6.10 Å². The molecule has 0 aromatic rings. The predicted molar refractivity (Wildman–Crippen MR) is 135 cm³/mol. The molecule has 0 saturated heterocycles. The third-order valence-electron chi connectivity index (χ3n) is 10.0. The highest BCUT2D eigenvalue weighted by Gasteiger charge is 2.56. The van der Waals surface area contributed by atoms with Crippen molar-refractivity contribution < 1.29 is 5.11 Å². The first-order valence-electron chi connectivity index (χ1n) is 13.4. The quantitative estimate of drug-likeness (QED) is 0.448. The zero-order valence-corrected chi connectivity index (χ0v) is 21.7. The van der Waals surface area contributed by atoms with E-state index in [1.165, 1.54) is 37.7 Å². The topological polar surface area (TPSA) is 20.2 Å². The minimum absolute atomic E-state index is 0.116. The van der Waals surface area contributed by atoms with E-state index in [0.29, 0.717) is 22.7 Å². The van der Waals surface area contributed by atoms with Crippen molar-refractivity contribution in [1.82, 2.24) is 0 Å². The summed E-state index contributed by atoms with van der Waals surface area (Å²) in [4.78, 5) is 0. The van der Waals surface area contributed by atoms with Crippen molar-refractivity contribution in [3.8, 4) is 0 Å². The number of fused-ring (bicyclic) bond motifs is 5. The van der Waals surface area contributed by atoms with Crippen LogP contribution in [0, 0.1) is 46.3 Å². The minimum atomic E-state index is -0.116. The highest BCUT2D eigenvalue weighted by Crippen LogP contribution is 2.65. The molecule has 3 fully saturated rings. The molecule has 0 bridgehead atoms. The van der Waals surface area contributed by atoms with Gasteiger partial charge in [-0.3, -0.25) is 0 Å². The van der Waals surface area contributed by atoms with Crippen LogP contribution in [-0.4, -0.2) is 11.2 Å². The van der Waals surface area contributed by atoms with Crippen LogP contribution in [0.1, 0.15) is 100 Å². The Morgan fingerprint density at radius 2 is 1.61 bits per heavy atom. The van der Waals surface area contributed by atoms with Crippen molar-refractivity contribution in [3.05, 3.63) is 35.5 Å². The molecular weight excluding hydrogens is 376 g/mol. The molecule has 0 aromatic carbocycles. The van der Waals surface area contributed by atoms with Gasteiger partial charge in [0.25, 0.3) is 0 Å². The zero-order chi connectivity index (χ0) is 23.0. The van der Waals surface area contributed by atoms with Gasteiger partial charge in [-0.05, 0) is 91.3 Å². The van der Waals surface area contributed by atoms with E-state index in [9.17, 15) is 5.11 Å². The maximum absolute atomic E-state index is 10.2. The lowest BCUT2D eigenvalue weighted by atomic mass is 9.50. The van der Waals surface area contributed by atoms with E-state index in [0.717, 1.165) is 36.5 Å². The van der Waals surface area contributed by atoms with E-state index in [2.05, 4.69) is 65.8 Å². The second-order valence-electron chi connectivity index (χ2n) is 11.9.